The van der Waals surface area contributed by atoms with Crippen LogP contribution in [0.2, 0.25) is 0 Å². The lowest BCUT2D eigenvalue weighted by Gasteiger charge is -2.12. The van der Waals surface area contributed by atoms with Gasteiger partial charge >= 0.3 is 5.97 Å². The first-order chi connectivity index (χ1) is 11.0. The number of carboxylic acids is 1. The van der Waals surface area contributed by atoms with E-state index in [1.165, 1.54) is 0 Å². The Morgan fingerprint density at radius 2 is 1.48 bits per heavy atom. The highest BCUT2D eigenvalue weighted by Gasteiger charge is 2.18. The molecule has 1 aromatic heterocycles. The molecule has 1 heterocycles. The molecule has 0 amide bonds. The molecule has 3 aromatic rings. The monoisotopic (exact) mass is 433 g/mol. The molecule has 0 saturated carbocycles. The molecule has 1 N–H and O–H groups in total. The number of halogens is 2. The number of benzene rings is 2. The van der Waals surface area contributed by atoms with E-state index in [-0.39, 0.29) is 0 Å². The largest absolute Gasteiger partial charge is 0.478 e. The maximum atomic E-state index is 11.5. The molecule has 2 aromatic carbocycles. The SMILES string of the molecule is Cc1c(C(=O)O)cc(-c2ccc(Br)cc2)n1-c1ccc(Br)cc1. The van der Waals surface area contributed by atoms with Gasteiger partial charge in [0.05, 0.1) is 11.3 Å². The molecule has 23 heavy (non-hydrogen) atoms. The summed E-state index contributed by atoms with van der Waals surface area (Å²) in [5, 5.41) is 9.46. The number of nitrogens with zero attached hydrogens (tertiary/aromatic N) is 1. The van der Waals surface area contributed by atoms with Crippen molar-refractivity contribution in [3.63, 3.8) is 0 Å². The van der Waals surface area contributed by atoms with Crippen LogP contribution in [0, 0.1) is 6.92 Å². The number of hydrogen-bond donors (Lipinski definition) is 1. The Bertz CT molecular complexity index is 865. The summed E-state index contributed by atoms with van der Waals surface area (Å²) >= 11 is 6.85. The third-order valence-electron chi connectivity index (χ3n) is 3.70. The van der Waals surface area contributed by atoms with E-state index in [4.69, 9.17) is 0 Å². The van der Waals surface area contributed by atoms with Crippen molar-refractivity contribution in [3.8, 4) is 16.9 Å². The summed E-state index contributed by atoms with van der Waals surface area (Å²) in [7, 11) is 0. The van der Waals surface area contributed by atoms with Gasteiger partial charge in [-0.1, -0.05) is 44.0 Å². The molecule has 0 atom stereocenters. The minimum absolute atomic E-state index is 0.311. The molecule has 0 aliphatic heterocycles. The Morgan fingerprint density at radius 1 is 0.957 bits per heavy atom. The second-order valence-corrected chi connectivity index (χ2v) is 6.98. The van der Waals surface area contributed by atoms with Crippen LogP contribution in [0.25, 0.3) is 16.9 Å². The maximum absolute atomic E-state index is 11.5. The molecule has 0 unspecified atom stereocenters. The van der Waals surface area contributed by atoms with Crippen LogP contribution in [0.1, 0.15) is 16.1 Å². The number of aromatic carboxylic acids is 1. The Hall–Kier alpha value is -1.85. The Labute approximate surface area is 150 Å². The second kappa shape index (κ2) is 6.34. The highest BCUT2D eigenvalue weighted by Crippen LogP contribution is 2.30. The van der Waals surface area contributed by atoms with E-state index in [9.17, 15) is 9.90 Å². The van der Waals surface area contributed by atoms with Gasteiger partial charge in [-0.2, -0.15) is 0 Å². The molecule has 0 fully saturated rings. The van der Waals surface area contributed by atoms with Gasteiger partial charge in [-0.25, -0.2) is 4.79 Å². The van der Waals surface area contributed by atoms with Crippen LogP contribution in [0.3, 0.4) is 0 Å². The lowest BCUT2D eigenvalue weighted by atomic mass is 10.1. The number of carbonyl (C=O) groups is 1. The van der Waals surface area contributed by atoms with Crippen molar-refractivity contribution in [2.45, 2.75) is 6.92 Å². The summed E-state index contributed by atoms with van der Waals surface area (Å²) in [6.07, 6.45) is 0. The molecule has 5 heteroatoms. The van der Waals surface area contributed by atoms with E-state index in [0.29, 0.717) is 11.3 Å². The molecule has 0 bridgehead atoms. The van der Waals surface area contributed by atoms with Crippen LogP contribution in [0.5, 0.6) is 0 Å². The molecule has 0 aliphatic carbocycles. The normalized spacial score (nSPS) is 10.7. The molecular weight excluding hydrogens is 422 g/mol. The molecule has 0 spiro atoms. The number of rotatable bonds is 3. The Kier molecular flexibility index (Phi) is 4.41. The van der Waals surface area contributed by atoms with E-state index in [1.54, 1.807) is 6.07 Å². The Morgan fingerprint density at radius 3 is 2.00 bits per heavy atom. The number of aromatic nitrogens is 1. The summed E-state index contributed by atoms with van der Waals surface area (Å²) in [6, 6.07) is 17.4. The van der Waals surface area contributed by atoms with Crippen LogP contribution >= 0.6 is 31.9 Å². The van der Waals surface area contributed by atoms with Crippen molar-refractivity contribution < 1.29 is 9.90 Å². The standard InChI is InChI=1S/C18H13Br2NO2/c1-11-16(18(22)23)10-17(12-2-4-13(19)5-3-12)21(11)15-8-6-14(20)7-9-15/h2-10H,1H3,(H,22,23). The fraction of sp³-hybridized carbons (Fsp3) is 0.0556. The van der Waals surface area contributed by atoms with Gasteiger partial charge in [0.15, 0.2) is 0 Å². The van der Waals surface area contributed by atoms with Crippen LogP contribution in [-0.4, -0.2) is 15.6 Å². The van der Waals surface area contributed by atoms with Crippen molar-refractivity contribution in [2.24, 2.45) is 0 Å². The van der Waals surface area contributed by atoms with E-state index < -0.39 is 5.97 Å². The molecular formula is C18H13Br2NO2. The van der Waals surface area contributed by atoms with E-state index in [2.05, 4.69) is 31.9 Å². The van der Waals surface area contributed by atoms with E-state index in [0.717, 1.165) is 25.9 Å². The van der Waals surface area contributed by atoms with Crippen molar-refractivity contribution in [1.82, 2.24) is 4.57 Å². The summed E-state index contributed by atoms with van der Waals surface area (Å²) in [4.78, 5) is 11.5. The van der Waals surface area contributed by atoms with Crippen molar-refractivity contribution in [1.29, 1.82) is 0 Å². The van der Waals surface area contributed by atoms with Crippen LogP contribution in [0.15, 0.2) is 63.5 Å². The summed E-state index contributed by atoms with van der Waals surface area (Å²) in [6.45, 7) is 1.83. The zero-order valence-corrected chi connectivity index (χ0v) is 15.4. The zero-order valence-electron chi connectivity index (χ0n) is 12.3. The van der Waals surface area contributed by atoms with Crippen molar-refractivity contribution >= 4 is 37.8 Å². The van der Waals surface area contributed by atoms with Gasteiger partial charge in [0, 0.05) is 20.3 Å². The molecule has 0 aliphatic rings. The number of carboxylic acid groups (broad SMARTS) is 1. The summed E-state index contributed by atoms with van der Waals surface area (Å²) in [5.41, 5.74) is 3.76. The third kappa shape index (κ3) is 3.12. The predicted octanol–water partition coefficient (Wildman–Crippen LogP) is 5.68. The van der Waals surface area contributed by atoms with Gasteiger partial charge < -0.3 is 9.67 Å². The minimum atomic E-state index is -0.920. The van der Waals surface area contributed by atoms with E-state index in [1.807, 2.05) is 60.0 Å². The second-order valence-electron chi connectivity index (χ2n) is 5.15. The van der Waals surface area contributed by atoms with Crippen molar-refractivity contribution in [3.05, 3.63) is 74.8 Å². The summed E-state index contributed by atoms with van der Waals surface area (Å²) in [5.74, 6) is -0.920. The first-order valence-corrected chi connectivity index (χ1v) is 8.53. The van der Waals surface area contributed by atoms with Crippen LogP contribution in [-0.2, 0) is 0 Å². The quantitative estimate of drug-likeness (QED) is 0.576. The maximum Gasteiger partial charge on any atom is 0.337 e. The first kappa shape index (κ1) is 16.0. The minimum Gasteiger partial charge on any atom is -0.478 e. The van der Waals surface area contributed by atoms with Gasteiger partial charge in [-0.05, 0) is 55.0 Å². The predicted molar refractivity (Wildman–Crippen MR) is 98.3 cm³/mol. The molecule has 0 radical (unpaired) electrons. The third-order valence-corrected chi connectivity index (χ3v) is 4.76. The molecule has 3 rings (SSSR count). The molecule has 116 valence electrons. The lowest BCUT2D eigenvalue weighted by molar-refractivity contribution is 0.0696. The zero-order chi connectivity index (χ0) is 16.6. The Balaban J connectivity index is 2.25. The molecule has 3 nitrogen and oxygen atoms in total. The van der Waals surface area contributed by atoms with Gasteiger partial charge in [0.1, 0.15) is 0 Å². The molecule has 0 saturated heterocycles. The fourth-order valence-corrected chi connectivity index (χ4v) is 3.11. The smallest absolute Gasteiger partial charge is 0.337 e. The lowest BCUT2D eigenvalue weighted by Crippen LogP contribution is -2.02. The average Bonchev–Trinajstić information content (AvgIpc) is 2.87. The van der Waals surface area contributed by atoms with Gasteiger partial charge in [0.2, 0.25) is 0 Å². The first-order valence-electron chi connectivity index (χ1n) is 6.95. The van der Waals surface area contributed by atoms with E-state index >= 15 is 0 Å². The van der Waals surface area contributed by atoms with Crippen molar-refractivity contribution in [2.75, 3.05) is 0 Å². The fourth-order valence-electron chi connectivity index (χ4n) is 2.58. The average molecular weight is 435 g/mol. The van der Waals surface area contributed by atoms with Gasteiger partial charge in [0.25, 0.3) is 0 Å². The van der Waals surface area contributed by atoms with Gasteiger partial charge in [-0.15, -0.1) is 0 Å². The van der Waals surface area contributed by atoms with Gasteiger partial charge in [-0.3, -0.25) is 0 Å². The topological polar surface area (TPSA) is 42.2 Å². The van der Waals surface area contributed by atoms with Crippen LogP contribution < -0.4 is 0 Å². The number of hydrogen-bond acceptors (Lipinski definition) is 1. The highest BCUT2D eigenvalue weighted by atomic mass is 79.9. The van der Waals surface area contributed by atoms with Crippen LogP contribution in [0.4, 0.5) is 0 Å². The summed E-state index contributed by atoms with van der Waals surface area (Å²) < 4.78 is 3.94. The highest BCUT2D eigenvalue weighted by molar-refractivity contribution is 9.10.